The van der Waals surface area contributed by atoms with Gasteiger partial charge in [-0.3, -0.25) is 9.78 Å². The maximum Gasteiger partial charge on any atom is 0.227 e. The van der Waals surface area contributed by atoms with Gasteiger partial charge in [0.25, 0.3) is 0 Å². The summed E-state index contributed by atoms with van der Waals surface area (Å²) in [6.07, 6.45) is 8.46. The average molecular weight is 416 g/mol. The molecule has 1 unspecified atom stereocenters. The quantitative estimate of drug-likeness (QED) is 0.719. The molecule has 1 fully saturated rings. The molecule has 9 heteroatoms. The minimum absolute atomic E-state index is 0. The minimum atomic E-state index is -0.0152. The Balaban J connectivity index is 0.00000182. The fourth-order valence-corrected chi connectivity index (χ4v) is 3.36. The zero-order valence-electron chi connectivity index (χ0n) is 15.2. The van der Waals surface area contributed by atoms with E-state index in [0.717, 1.165) is 12.8 Å². The number of aromatic nitrogens is 3. The van der Waals surface area contributed by atoms with Gasteiger partial charge in [-0.25, -0.2) is 0 Å². The standard InChI is InChI=1S/C18H25N5O2.2ClH/c19-12-15(13-6-2-1-3-7-13)21-16(24)9-10-17-22-18(23-25-17)14-8-4-5-11-20-14;;/h4-5,8,11,13,15H,1-3,6-7,9-10,12,19H2,(H,21,24);2*1H. The number of halogens is 2. The van der Waals surface area contributed by atoms with Gasteiger partial charge in [-0.2, -0.15) is 4.98 Å². The number of hydrogen-bond acceptors (Lipinski definition) is 6. The molecule has 27 heavy (non-hydrogen) atoms. The van der Waals surface area contributed by atoms with Crippen molar-refractivity contribution in [2.45, 2.75) is 51.0 Å². The lowest BCUT2D eigenvalue weighted by Crippen LogP contribution is -2.46. The molecule has 1 saturated carbocycles. The van der Waals surface area contributed by atoms with E-state index in [0.29, 0.717) is 42.7 Å². The van der Waals surface area contributed by atoms with Gasteiger partial charge in [0, 0.05) is 31.6 Å². The monoisotopic (exact) mass is 415 g/mol. The van der Waals surface area contributed by atoms with Crippen LogP contribution >= 0.6 is 24.8 Å². The van der Waals surface area contributed by atoms with Gasteiger partial charge >= 0.3 is 0 Å². The summed E-state index contributed by atoms with van der Waals surface area (Å²) < 4.78 is 5.21. The number of hydrogen-bond donors (Lipinski definition) is 2. The van der Waals surface area contributed by atoms with E-state index < -0.39 is 0 Å². The molecule has 1 amide bonds. The number of rotatable bonds is 7. The Kier molecular flexibility index (Phi) is 10.3. The van der Waals surface area contributed by atoms with E-state index in [1.165, 1.54) is 19.3 Å². The van der Waals surface area contributed by atoms with Crippen molar-refractivity contribution < 1.29 is 9.32 Å². The highest BCUT2D eigenvalue weighted by Gasteiger charge is 2.24. The molecule has 2 aromatic heterocycles. The molecular weight excluding hydrogens is 389 g/mol. The molecule has 2 heterocycles. The summed E-state index contributed by atoms with van der Waals surface area (Å²) in [4.78, 5) is 20.7. The summed E-state index contributed by atoms with van der Waals surface area (Å²) in [5.41, 5.74) is 6.52. The number of carbonyl (C=O) groups is 1. The van der Waals surface area contributed by atoms with E-state index in [-0.39, 0.29) is 36.8 Å². The Morgan fingerprint density at radius 2 is 2.04 bits per heavy atom. The largest absolute Gasteiger partial charge is 0.352 e. The lowest BCUT2D eigenvalue weighted by atomic mass is 9.84. The molecule has 7 nitrogen and oxygen atoms in total. The fraction of sp³-hybridized carbons (Fsp3) is 0.556. The van der Waals surface area contributed by atoms with Crippen molar-refractivity contribution in [2.24, 2.45) is 11.7 Å². The summed E-state index contributed by atoms with van der Waals surface area (Å²) in [6, 6.07) is 5.58. The predicted octanol–water partition coefficient (Wildman–Crippen LogP) is 2.93. The van der Waals surface area contributed by atoms with Crippen LogP contribution in [0.5, 0.6) is 0 Å². The summed E-state index contributed by atoms with van der Waals surface area (Å²) in [5, 5.41) is 6.99. The first-order valence-corrected chi connectivity index (χ1v) is 8.99. The van der Waals surface area contributed by atoms with E-state index >= 15 is 0 Å². The third-order valence-electron chi connectivity index (χ3n) is 4.75. The SMILES string of the molecule is Cl.Cl.NCC(NC(=O)CCc1nc(-c2ccccn2)no1)C1CCCCC1. The van der Waals surface area contributed by atoms with Crippen LogP contribution in [0.4, 0.5) is 0 Å². The summed E-state index contributed by atoms with van der Waals surface area (Å²) >= 11 is 0. The van der Waals surface area contributed by atoms with Crippen LogP contribution in [0.15, 0.2) is 28.9 Å². The van der Waals surface area contributed by atoms with Gasteiger partial charge in [0.1, 0.15) is 5.69 Å². The second kappa shape index (κ2) is 11.9. The molecule has 0 bridgehead atoms. The molecule has 1 atom stereocenters. The predicted molar refractivity (Wildman–Crippen MR) is 108 cm³/mol. The van der Waals surface area contributed by atoms with Crippen molar-refractivity contribution in [3.63, 3.8) is 0 Å². The van der Waals surface area contributed by atoms with Gasteiger partial charge in [-0.05, 0) is 30.9 Å². The minimum Gasteiger partial charge on any atom is -0.352 e. The first-order chi connectivity index (χ1) is 12.3. The molecule has 3 rings (SSSR count). The van der Waals surface area contributed by atoms with Gasteiger partial charge in [-0.15, -0.1) is 24.8 Å². The lowest BCUT2D eigenvalue weighted by molar-refractivity contribution is -0.122. The molecule has 1 aliphatic rings. The molecule has 0 spiro atoms. The van der Waals surface area contributed by atoms with Crippen LogP contribution in [-0.4, -0.2) is 33.6 Å². The first kappa shape index (κ1) is 23.3. The third-order valence-corrected chi connectivity index (χ3v) is 4.75. The lowest BCUT2D eigenvalue weighted by Gasteiger charge is -2.30. The van der Waals surface area contributed by atoms with E-state index in [2.05, 4.69) is 20.4 Å². The van der Waals surface area contributed by atoms with Gasteiger partial charge in [0.15, 0.2) is 0 Å². The molecule has 1 aliphatic carbocycles. The Bertz CT molecular complexity index is 677. The van der Waals surface area contributed by atoms with Crippen LogP contribution in [0.25, 0.3) is 11.5 Å². The number of carbonyl (C=O) groups excluding carboxylic acids is 1. The van der Waals surface area contributed by atoms with Crippen LogP contribution in [-0.2, 0) is 11.2 Å². The third kappa shape index (κ3) is 6.75. The number of nitrogens with two attached hydrogens (primary N) is 1. The maximum atomic E-state index is 12.2. The van der Waals surface area contributed by atoms with Crippen LogP contribution in [0, 0.1) is 5.92 Å². The molecule has 2 aromatic rings. The van der Waals surface area contributed by atoms with Gasteiger partial charge in [0.2, 0.25) is 17.6 Å². The van der Waals surface area contributed by atoms with Gasteiger partial charge in [-0.1, -0.05) is 30.5 Å². The molecular formula is C18H27Cl2N5O2. The molecule has 150 valence electrons. The van der Waals surface area contributed by atoms with E-state index in [1.54, 1.807) is 6.20 Å². The average Bonchev–Trinajstić information content (AvgIpc) is 3.15. The van der Waals surface area contributed by atoms with Crippen molar-refractivity contribution in [3.8, 4) is 11.5 Å². The van der Waals surface area contributed by atoms with Crippen molar-refractivity contribution in [2.75, 3.05) is 6.54 Å². The van der Waals surface area contributed by atoms with Crippen LogP contribution in [0.2, 0.25) is 0 Å². The van der Waals surface area contributed by atoms with E-state index in [9.17, 15) is 4.79 Å². The Labute approximate surface area is 171 Å². The number of pyridine rings is 1. The first-order valence-electron chi connectivity index (χ1n) is 8.99. The van der Waals surface area contributed by atoms with E-state index in [4.69, 9.17) is 10.3 Å². The van der Waals surface area contributed by atoms with Crippen LogP contribution in [0.1, 0.15) is 44.4 Å². The zero-order chi connectivity index (χ0) is 17.5. The number of nitrogens with zero attached hydrogens (tertiary/aromatic N) is 3. The number of aryl methyl sites for hydroxylation is 1. The van der Waals surface area contributed by atoms with Gasteiger partial charge in [0.05, 0.1) is 0 Å². The molecule has 3 N–H and O–H groups in total. The fourth-order valence-electron chi connectivity index (χ4n) is 3.36. The van der Waals surface area contributed by atoms with Crippen LogP contribution < -0.4 is 11.1 Å². The van der Waals surface area contributed by atoms with Crippen LogP contribution in [0.3, 0.4) is 0 Å². The summed E-state index contributed by atoms with van der Waals surface area (Å²) in [5.74, 6) is 1.37. The van der Waals surface area contributed by atoms with E-state index in [1.807, 2.05) is 18.2 Å². The second-order valence-corrected chi connectivity index (χ2v) is 6.53. The molecule has 0 radical (unpaired) electrons. The maximum absolute atomic E-state index is 12.2. The highest BCUT2D eigenvalue weighted by Crippen LogP contribution is 2.26. The summed E-state index contributed by atoms with van der Waals surface area (Å²) in [6.45, 7) is 0.487. The molecule has 0 saturated heterocycles. The van der Waals surface area contributed by atoms with Gasteiger partial charge < -0.3 is 15.6 Å². The number of nitrogens with one attached hydrogen (secondary N) is 1. The second-order valence-electron chi connectivity index (χ2n) is 6.53. The topological polar surface area (TPSA) is 107 Å². The normalized spacial score (nSPS) is 15.3. The van der Waals surface area contributed by atoms with Crippen molar-refractivity contribution >= 4 is 30.7 Å². The summed E-state index contributed by atoms with van der Waals surface area (Å²) in [7, 11) is 0. The Hall–Kier alpha value is -1.70. The smallest absolute Gasteiger partial charge is 0.227 e. The molecule has 0 aliphatic heterocycles. The molecule has 0 aromatic carbocycles. The highest BCUT2D eigenvalue weighted by atomic mass is 35.5. The Morgan fingerprint density at radius 1 is 1.26 bits per heavy atom. The van der Waals surface area contributed by atoms with Crippen molar-refractivity contribution in [3.05, 3.63) is 30.3 Å². The highest BCUT2D eigenvalue weighted by molar-refractivity contribution is 5.85. The van der Waals surface area contributed by atoms with Crippen molar-refractivity contribution in [1.29, 1.82) is 0 Å². The zero-order valence-corrected chi connectivity index (χ0v) is 16.8. The number of amides is 1. The Morgan fingerprint density at radius 3 is 2.70 bits per heavy atom. The van der Waals surface area contributed by atoms with Crippen molar-refractivity contribution in [1.82, 2.24) is 20.4 Å².